The van der Waals surface area contributed by atoms with Crippen LogP contribution >= 0.6 is 11.6 Å². The van der Waals surface area contributed by atoms with Crippen LogP contribution in [-0.2, 0) is 0 Å². The van der Waals surface area contributed by atoms with Crippen LogP contribution < -0.4 is 0 Å². The second-order valence-electron chi connectivity index (χ2n) is 5.33. The molecule has 104 valence electrons. The van der Waals surface area contributed by atoms with E-state index in [0.29, 0.717) is 12.5 Å². The summed E-state index contributed by atoms with van der Waals surface area (Å²) in [6.07, 6.45) is 1.92. The number of benzene rings is 1. The number of nitrogens with zero attached hydrogens (tertiary/aromatic N) is 1. The van der Waals surface area contributed by atoms with E-state index in [-0.39, 0.29) is 22.5 Å². The molecule has 0 aromatic heterocycles. The van der Waals surface area contributed by atoms with Gasteiger partial charge in [-0.2, -0.15) is 0 Å². The Bertz CT molecular complexity index is 500. The zero-order chi connectivity index (χ0) is 14.2. The van der Waals surface area contributed by atoms with Crippen LogP contribution in [0, 0.1) is 17.6 Å². The van der Waals surface area contributed by atoms with Crippen molar-refractivity contribution in [3.63, 3.8) is 0 Å². The minimum atomic E-state index is -1.05. The average Bonchev–Trinajstić information content (AvgIpc) is 3.14. The molecule has 1 amide bonds. The largest absolute Gasteiger partial charge is 0.335 e. The van der Waals surface area contributed by atoms with Crippen molar-refractivity contribution >= 4 is 17.5 Å². The fraction of sp³-hybridized carbons (Fsp3) is 0.500. The molecule has 1 aromatic carbocycles. The van der Waals surface area contributed by atoms with Gasteiger partial charge in [-0.3, -0.25) is 4.79 Å². The van der Waals surface area contributed by atoms with Gasteiger partial charge in [0.1, 0.15) is 0 Å². The number of amides is 1. The summed E-state index contributed by atoms with van der Waals surface area (Å²) in [5.74, 6) is -2.09. The first-order valence-corrected chi connectivity index (χ1v) is 6.73. The Morgan fingerprint density at radius 3 is 2.47 bits per heavy atom. The molecule has 1 aliphatic rings. The van der Waals surface area contributed by atoms with Crippen LogP contribution in [0.2, 0.25) is 5.02 Å². The highest BCUT2D eigenvalue weighted by atomic mass is 35.5. The molecule has 0 aliphatic heterocycles. The predicted molar refractivity (Wildman–Crippen MR) is 70.3 cm³/mol. The fourth-order valence-corrected chi connectivity index (χ4v) is 2.25. The lowest BCUT2D eigenvalue weighted by Gasteiger charge is -2.25. The van der Waals surface area contributed by atoms with E-state index < -0.39 is 11.6 Å². The Morgan fingerprint density at radius 2 is 1.95 bits per heavy atom. The molecule has 0 radical (unpaired) electrons. The molecule has 0 heterocycles. The molecule has 1 fully saturated rings. The van der Waals surface area contributed by atoms with E-state index in [1.807, 2.05) is 13.8 Å². The second kappa shape index (κ2) is 5.45. The van der Waals surface area contributed by atoms with Gasteiger partial charge in [-0.25, -0.2) is 8.78 Å². The molecule has 19 heavy (non-hydrogen) atoms. The van der Waals surface area contributed by atoms with Crippen LogP contribution in [0.15, 0.2) is 12.1 Å². The van der Waals surface area contributed by atoms with Crippen molar-refractivity contribution < 1.29 is 13.6 Å². The number of carbonyl (C=O) groups is 1. The Morgan fingerprint density at radius 1 is 1.37 bits per heavy atom. The number of hydrogen-bond acceptors (Lipinski definition) is 1. The van der Waals surface area contributed by atoms with E-state index in [2.05, 4.69) is 0 Å². The lowest BCUT2D eigenvalue weighted by molar-refractivity contribution is 0.0722. The smallest absolute Gasteiger partial charge is 0.255 e. The first kappa shape index (κ1) is 14.3. The average molecular weight is 288 g/mol. The molecule has 0 unspecified atom stereocenters. The Balaban J connectivity index is 2.28. The van der Waals surface area contributed by atoms with Gasteiger partial charge >= 0.3 is 0 Å². The van der Waals surface area contributed by atoms with Gasteiger partial charge in [-0.1, -0.05) is 25.4 Å². The normalized spacial score (nSPS) is 14.8. The van der Waals surface area contributed by atoms with Crippen LogP contribution in [0.4, 0.5) is 8.78 Å². The summed E-state index contributed by atoms with van der Waals surface area (Å²) < 4.78 is 26.3. The standard InChI is InChI=1S/C14H16ClF2NO/c1-8(2)7-18(9-3-4-9)14(19)10-5-12(16)13(17)6-11(10)15/h5-6,8-9H,3-4,7H2,1-2H3. The lowest BCUT2D eigenvalue weighted by Crippen LogP contribution is -2.36. The first-order chi connectivity index (χ1) is 8.90. The van der Waals surface area contributed by atoms with Gasteiger partial charge in [0.05, 0.1) is 10.6 Å². The van der Waals surface area contributed by atoms with Crippen molar-refractivity contribution in [1.29, 1.82) is 0 Å². The quantitative estimate of drug-likeness (QED) is 0.770. The molecule has 1 saturated carbocycles. The van der Waals surface area contributed by atoms with E-state index in [4.69, 9.17) is 11.6 Å². The van der Waals surface area contributed by atoms with Gasteiger partial charge in [0.25, 0.3) is 5.91 Å². The molecule has 5 heteroatoms. The highest BCUT2D eigenvalue weighted by Gasteiger charge is 2.34. The van der Waals surface area contributed by atoms with E-state index in [1.54, 1.807) is 4.90 Å². The van der Waals surface area contributed by atoms with Crippen LogP contribution in [0.5, 0.6) is 0 Å². The van der Waals surface area contributed by atoms with E-state index in [9.17, 15) is 13.6 Å². The Kier molecular flexibility index (Phi) is 4.09. The Labute approximate surface area is 116 Å². The SMILES string of the molecule is CC(C)CN(C(=O)c1cc(F)c(F)cc1Cl)C1CC1. The maximum absolute atomic E-state index is 13.3. The van der Waals surface area contributed by atoms with Gasteiger partial charge in [0, 0.05) is 12.6 Å². The summed E-state index contributed by atoms with van der Waals surface area (Å²) >= 11 is 5.85. The third kappa shape index (κ3) is 3.24. The molecule has 0 saturated heterocycles. The topological polar surface area (TPSA) is 20.3 Å². The van der Waals surface area contributed by atoms with Crippen LogP contribution in [0.1, 0.15) is 37.0 Å². The summed E-state index contributed by atoms with van der Waals surface area (Å²) in [7, 11) is 0. The summed E-state index contributed by atoms with van der Waals surface area (Å²) in [5, 5.41) is -0.0432. The highest BCUT2D eigenvalue weighted by molar-refractivity contribution is 6.33. The molecule has 0 spiro atoms. The second-order valence-corrected chi connectivity index (χ2v) is 5.74. The van der Waals surface area contributed by atoms with E-state index in [0.717, 1.165) is 25.0 Å². The van der Waals surface area contributed by atoms with Gasteiger partial charge in [-0.05, 0) is 30.9 Å². The predicted octanol–water partition coefficient (Wildman–Crippen LogP) is 3.88. The molecule has 2 rings (SSSR count). The summed E-state index contributed by atoms with van der Waals surface area (Å²) in [5.41, 5.74) is 0.0353. The van der Waals surface area contributed by atoms with Gasteiger partial charge in [0.2, 0.25) is 0 Å². The van der Waals surface area contributed by atoms with Gasteiger partial charge < -0.3 is 4.90 Å². The molecule has 1 aliphatic carbocycles. The number of halogens is 3. The van der Waals surface area contributed by atoms with E-state index in [1.165, 1.54) is 0 Å². The fourth-order valence-electron chi connectivity index (χ4n) is 2.02. The monoisotopic (exact) mass is 287 g/mol. The Hall–Kier alpha value is -1.16. The number of carbonyl (C=O) groups excluding carboxylic acids is 1. The molecule has 0 N–H and O–H groups in total. The van der Waals surface area contributed by atoms with E-state index >= 15 is 0 Å². The number of rotatable bonds is 4. The van der Waals surface area contributed by atoms with Crippen LogP contribution in [0.3, 0.4) is 0 Å². The summed E-state index contributed by atoms with van der Waals surface area (Å²) in [4.78, 5) is 14.1. The minimum Gasteiger partial charge on any atom is -0.335 e. The van der Waals surface area contributed by atoms with Crippen molar-refractivity contribution in [2.45, 2.75) is 32.7 Å². The molecular formula is C14H16ClF2NO. The lowest BCUT2D eigenvalue weighted by atomic mass is 10.1. The van der Waals surface area contributed by atoms with Crippen LogP contribution in [-0.4, -0.2) is 23.4 Å². The zero-order valence-electron chi connectivity index (χ0n) is 10.9. The first-order valence-electron chi connectivity index (χ1n) is 6.35. The molecule has 0 atom stereocenters. The maximum atomic E-state index is 13.3. The van der Waals surface area contributed by atoms with Crippen molar-refractivity contribution in [3.05, 3.63) is 34.4 Å². The maximum Gasteiger partial charge on any atom is 0.255 e. The molecule has 0 bridgehead atoms. The molecule has 1 aromatic rings. The van der Waals surface area contributed by atoms with Crippen molar-refractivity contribution in [1.82, 2.24) is 4.90 Å². The van der Waals surface area contributed by atoms with Crippen molar-refractivity contribution in [3.8, 4) is 0 Å². The third-order valence-corrected chi connectivity index (χ3v) is 3.36. The third-order valence-electron chi connectivity index (χ3n) is 3.05. The zero-order valence-corrected chi connectivity index (χ0v) is 11.7. The summed E-state index contributed by atoms with van der Waals surface area (Å²) in [6, 6.07) is 1.94. The van der Waals surface area contributed by atoms with Crippen molar-refractivity contribution in [2.75, 3.05) is 6.54 Å². The van der Waals surface area contributed by atoms with Gasteiger partial charge in [-0.15, -0.1) is 0 Å². The molecular weight excluding hydrogens is 272 g/mol. The highest BCUT2D eigenvalue weighted by Crippen LogP contribution is 2.31. The van der Waals surface area contributed by atoms with Crippen molar-refractivity contribution in [2.24, 2.45) is 5.92 Å². The van der Waals surface area contributed by atoms with Crippen LogP contribution in [0.25, 0.3) is 0 Å². The number of hydrogen-bond donors (Lipinski definition) is 0. The minimum absolute atomic E-state index is 0.0353. The van der Waals surface area contributed by atoms with Gasteiger partial charge in [0.15, 0.2) is 11.6 Å². The summed E-state index contributed by atoms with van der Waals surface area (Å²) in [6.45, 7) is 4.61. The molecule has 2 nitrogen and oxygen atoms in total.